The zero-order chi connectivity index (χ0) is 26.7. The van der Waals surface area contributed by atoms with Gasteiger partial charge in [-0.3, -0.25) is 0 Å². The monoisotopic (exact) mass is 516 g/mol. The Hall–Kier alpha value is -5.28. The van der Waals surface area contributed by atoms with Crippen LogP contribution in [0.3, 0.4) is 0 Å². The summed E-state index contributed by atoms with van der Waals surface area (Å²) in [6, 6.07) is 55.2. The largest absolute Gasteiger partial charge is 0.464 e. The molecule has 0 saturated heterocycles. The number of benzene rings is 6. The number of ether oxygens (including phenoxy) is 1. The van der Waals surface area contributed by atoms with Gasteiger partial charge in [-0.25, -0.2) is 0 Å². The van der Waals surface area contributed by atoms with Crippen molar-refractivity contribution in [2.45, 2.75) is 6.23 Å². The fourth-order valence-electron chi connectivity index (χ4n) is 5.25. The molecule has 0 spiro atoms. The summed E-state index contributed by atoms with van der Waals surface area (Å²) in [5, 5.41) is 3.47. The maximum atomic E-state index is 6.15. The average Bonchev–Trinajstić information content (AvgIpc) is 3.48. The maximum Gasteiger partial charge on any atom is 0.196 e. The third-order valence-corrected chi connectivity index (χ3v) is 7.34. The Balaban J connectivity index is 1.22. The number of anilines is 4. The van der Waals surface area contributed by atoms with Crippen LogP contribution in [0, 0.1) is 0 Å². The topological polar surface area (TPSA) is 24.5 Å². The number of para-hydroxylation sites is 2. The lowest BCUT2D eigenvalue weighted by Gasteiger charge is -2.26. The lowest BCUT2D eigenvalue weighted by atomic mass is 10.0. The van der Waals surface area contributed by atoms with Gasteiger partial charge in [-0.15, -0.1) is 0 Å². The molecular weight excluding hydrogens is 488 g/mol. The minimum Gasteiger partial charge on any atom is -0.464 e. The first-order valence-electron chi connectivity index (χ1n) is 13.6. The van der Waals surface area contributed by atoms with E-state index in [4.69, 9.17) is 4.74 Å². The fourth-order valence-corrected chi connectivity index (χ4v) is 5.25. The average molecular weight is 517 g/mol. The molecule has 3 heteroatoms. The van der Waals surface area contributed by atoms with Crippen molar-refractivity contribution in [3.8, 4) is 28.0 Å². The Kier molecular flexibility index (Phi) is 6.23. The van der Waals surface area contributed by atoms with E-state index in [9.17, 15) is 0 Å². The van der Waals surface area contributed by atoms with Crippen LogP contribution in [0.1, 0.15) is 11.8 Å². The Morgan fingerprint density at radius 1 is 0.425 bits per heavy atom. The summed E-state index contributed by atoms with van der Waals surface area (Å²) in [6.45, 7) is 0. The maximum absolute atomic E-state index is 6.15. The zero-order valence-electron chi connectivity index (χ0n) is 21.9. The normalized spacial score (nSPS) is 13.7. The van der Waals surface area contributed by atoms with Gasteiger partial charge in [0.15, 0.2) is 6.23 Å². The summed E-state index contributed by atoms with van der Waals surface area (Å²) in [5.41, 5.74) is 10.2. The molecule has 6 aromatic carbocycles. The highest BCUT2D eigenvalue weighted by Gasteiger charge is 2.23. The number of hydrogen-bond donors (Lipinski definition) is 1. The quantitative estimate of drug-likeness (QED) is 0.238. The van der Waals surface area contributed by atoms with E-state index in [2.05, 4.69) is 132 Å². The molecule has 0 saturated carbocycles. The Morgan fingerprint density at radius 3 is 1.35 bits per heavy atom. The Labute approximate surface area is 234 Å². The number of rotatable bonds is 6. The molecule has 3 nitrogen and oxygen atoms in total. The van der Waals surface area contributed by atoms with Crippen molar-refractivity contribution in [3.05, 3.63) is 163 Å². The predicted octanol–water partition coefficient (Wildman–Crippen LogP) is 9.99. The lowest BCUT2D eigenvalue weighted by molar-refractivity contribution is 0.260. The van der Waals surface area contributed by atoms with Crippen LogP contribution < -0.4 is 15.0 Å². The summed E-state index contributed by atoms with van der Waals surface area (Å²) in [7, 11) is 0. The molecule has 0 radical (unpaired) electrons. The molecule has 0 aliphatic carbocycles. The van der Waals surface area contributed by atoms with E-state index >= 15 is 0 Å². The smallest absolute Gasteiger partial charge is 0.196 e. The number of hydrogen-bond acceptors (Lipinski definition) is 3. The fraction of sp³-hybridized carbons (Fsp3) is 0.0270. The predicted molar refractivity (Wildman–Crippen MR) is 165 cm³/mol. The van der Waals surface area contributed by atoms with Gasteiger partial charge in [-0.05, 0) is 70.8 Å². The molecule has 1 heterocycles. The lowest BCUT2D eigenvalue weighted by Crippen LogP contribution is -2.12. The molecule has 0 fully saturated rings. The van der Waals surface area contributed by atoms with E-state index < -0.39 is 0 Å². The molecular formula is C37H28N2O. The molecule has 1 atom stereocenters. The number of nitrogens with one attached hydrogen (secondary N) is 1. The van der Waals surface area contributed by atoms with Crippen molar-refractivity contribution in [2.75, 3.05) is 10.2 Å². The van der Waals surface area contributed by atoms with Gasteiger partial charge in [0.05, 0.1) is 5.69 Å². The SMILES string of the molecule is c1ccc(-c2ccc(N(c3ccc(-c4ccccc4)cc3)c3ccc(C4Nc5ccccc5O4)cc3)cc2)cc1. The van der Waals surface area contributed by atoms with Crippen molar-refractivity contribution >= 4 is 22.7 Å². The van der Waals surface area contributed by atoms with E-state index in [1.54, 1.807) is 0 Å². The highest BCUT2D eigenvalue weighted by molar-refractivity contribution is 5.80. The van der Waals surface area contributed by atoms with Gasteiger partial charge in [0.1, 0.15) is 5.75 Å². The first kappa shape index (κ1) is 23.8. The van der Waals surface area contributed by atoms with Crippen LogP contribution in [-0.2, 0) is 0 Å². The summed E-state index contributed by atoms with van der Waals surface area (Å²) >= 11 is 0. The van der Waals surface area contributed by atoms with Gasteiger partial charge >= 0.3 is 0 Å². The molecule has 7 rings (SSSR count). The minimum absolute atomic E-state index is 0.199. The van der Waals surface area contributed by atoms with Gasteiger partial charge in [0.2, 0.25) is 0 Å². The second kappa shape index (κ2) is 10.5. The van der Waals surface area contributed by atoms with Gasteiger partial charge in [0, 0.05) is 22.6 Å². The third kappa shape index (κ3) is 4.70. The minimum atomic E-state index is -0.199. The molecule has 0 amide bonds. The van der Waals surface area contributed by atoms with E-state index in [0.29, 0.717) is 0 Å². The molecule has 1 N–H and O–H groups in total. The zero-order valence-corrected chi connectivity index (χ0v) is 21.9. The Morgan fingerprint density at radius 2 is 0.850 bits per heavy atom. The molecule has 192 valence electrons. The van der Waals surface area contributed by atoms with E-state index in [1.807, 2.05) is 36.4 Å². The van der Waals surface area contributed by atoms with Crippen molar-refractivity contribution in [2.24, 2.45) is 0 Å². The number of fused-ring (bicyclic) bond motifs is 1. The van der Waals surface area contributed by atoms with Crippen molar-refractivity contribution < 1.29 is 4.74 Å². The van der Waals surface area contributed by atoms with Crippen molar-refractivity contribution in [1.29, 1.82) is 0 Å². The molecule has 0 aromatic heterocycles. The van der Waals surface area contributed by atoms with Gasteiger partial charge in [0.25, 0.3) is 0 Å². The molecule has 6 aromatic rings. The van der Waals surface area contributed by atoms with Gasteiger partial charge in [-0.1, -0.05) is 109 Å². The van der Waals surface area contributed by atoms with Crippen LogP contribution in [0.15, 0.2) is 158 Å². The number of nitrogens with zero attached hydrogens (tertiary/aromatic N) is 1. The summed E-state index contributed by atoms with van der Waals surface area (Å²) < 4.78 is 6.15. The molecule has 40 heavy (non-hydrogen) atoms. The van der Waals surface area contributed by atoms with Crippen LogP contribution in [0.4, 0.5) is 22.7 Å². The molecule has 0 bridgehead atoms. The summed E-state index contributed by atoms with van der Waals surface area (Å²) in [5.74, 6) is 0.884. The Bertz CT molecular complexity index is 1600. The molecule has 1 aliphatic rings. The van der Waals surface area contributed by atoms with Crippen molar-refractivity contribution in [1.82, 2.24) is 0 Å². The van der Waals surface area contributed by atoms with E-state index in [0.717, 1.165) is 34.1 Å². The first-order chi connectivity index (χ1) is 19.8. The molecule has 1 unspecified atom stereocenters. The van der Waals surface area contributed by atoms with Gasteiger partial charge in [-0.2, -0.15) is 0 Å². The van der Waals surface area contributed by atoms with E-state index in [1.165, 1.54) is 22.3 Å². The summed E-state index contributed by atoms with van der Waals surface area (Å²) in [4.78, 5) is 2.30. The summed E-state index contributed by atoms with van der Waals surface area (Å²) in [6.07, 6.45) is -0.199. The second-order valence-electron chi connectivity index (χ2n) is 9.89. The van der Waals surface area contributed by atoms with Crippen molar-refractivity contribution in [3.63, 3.8) is 0 Å². The molecule has 1 aliphatic heterocycles. The van der Waals surface area contributed by atoms with Crippen LogP contribution in [-0.4, -0.2) is 0 Å². The standard InChI is InChI=1S/C37H28N2O/c1-3-9-27(10-4-1)29-15-21-32(22-16-29)39(33-23-17-30(18-24-33)28-11-5-2-6-12-28)34-25-19-31(20-26-34)37-38-35-13-7-8-14-36(35)40-37/h1-26,37-38H. The van der Waals surface area contributed by atoms with Crippen LogP contribution in [0.5, 0.6) is 5.75 Å². The van der Waals surface area contributed by atoms with Gasteiger partial charge < -0.3 is 15.0 Å². The van der Waals surface area contributed by atoms with Crippen LogP contribution in [0.25, 0.3) is 22.3 Å². The van der Waals surface area contributed by atoms with Crippen LogP contribution >= 0.6 is 0 Å². The van der Waals surface area contributed by atoms with E-state index in [-0.39, 0.29) is 6.23 Å². The highest BCUT2D eigenvalue weighted by Crippen LogP contribution is 2.40. The highest BCUT2D eigenvalue weighted by atomic mass is 16.5. The first-order valence-corrected chi connectivity index (χ1v) is 13.6. The third-order valence-electron chi connectivity index (χ3n) is 7.34. The second-order valence-corrected chi connectivity index (χ2v) is 9.89. The van der Waals surface area contributed by atoms with Crippen LogP contribution in [0.2, 0.25) is 0 Å².